The molecule has 1 aromatic rings. The molecule has 24 heavy (non-hydrogen) atoms. The molecule has 4 bridgehead atoms. The molecule has 0 spiro atoms. The van der Waals surface area contributed by atoms with E-state index >= 15 is 0 Å². The van der Waals surface area contributed by atoms with Gasteiger partial charge in [-0.25, -0.2) is 4.79 Å². The molecule has 4 saturated carbocycles. The number of thiazole rings is 1. The Hall–Kier alpha value is -0.650. The first-order valence-corrected chi connectivity index (χ1v) is 9.74. The number of halogens is 1. The highest BCUT2D eigenvalue weighted by atomic mass is 35.5. The van der Waals surface area contributed by atoms with Gasteiger partial charge in [0.2, 0.25) is 12.1 Å². The number of carbonyl (C=O) groups is 1. The Morgan fingerprint density at radius 2 is 1.88 bits per heavy atom. The minimum Gasteiger partial charge on any atom is -1.00 e. The molecule has 0 aromatic carbocycles. The molecule has 0 aliphatic heterocycles. The number of aliphatic hydroxyl groups excluding tert-OH is 1. The third-order valence-corrected chi connectivity index (χ3v) is 7.25. The van der Waals surface area contributed by atoms with Crippen LogP contribution in [0.3, 0.4) is 0 Å². The molecule has 134 valence electrons. The topological polar surface area (TPSA) is 50.4 Å². The molecule has 4 aliphatic rings. The van der Waals surface area contributed by atoms with Gasteiger partial charge in [0.05, 0.1) is 4.88 Å². The maximum absolute atomic E-state index is 12.5. The third kappa shape index (κ3) is 3.35. The summed E-state index contributed by atoms with van der Waals surface area (Å²) >= 11 is 1.61. The summed E-state index contributed by atoms with van der Waals surface area (Å²) in [5.74, 6) is 2.29. The summed E-state index contributed by atoms with van der Waals surface area (Å²) in [5, 5.41) is 9.08. The number of hydrogen-bond acceptors (Lipinski definition) is 4. The molecule has 4 fully saturated rings. The Morgan fingerprint density at radius 3 is 2.42 bits per heavy atom. The number of aliphatic hydroxyl groups is 1. The van der Waals surface area contributed by atoms with Crippen LogP contribution in [0.1, 0.15) is 49.1 Å². The first-order valence-electron chi connectivity index (χ1n) is 8.86. The molecule has 1 N–H and O–H groups in total. The molecule has 4 nitrogen and oxygen atoms in total. The Labute approximate surface area is 153 Å². The van der Waals surface area contributed by atoms with Crippen LogP contribution in [-0.2, 0) is 22.5 Å². The van der Waals surface area contributed by atoms with Gasteiger partial charge in [-0.3, -0.25) is 0 Å². The van der Waals surface area contributed by atoms with Crippen molar-refractivity contribution >= 4 is 17.3 Å². The van der Waals surface area contributed by atoms with Crippen LogP contribution in [0.25, 0.3) is 0 Å². The molecule has 4 aliphatic carbocycles. The predicted molar refractivity (Wildman–Crippen MR) is 87.0 cm³/mol. The second-order valence-corrected chi connectivity index (χ2v) is 8.85. The van der Waals surface area contributed by atoms with Crippen LogP contribution in [0.4, 0.5) is 0 Å². The van der Waals surface area contributed by atoms with E-state index in [1.54, 1.807) is 11.3 Å². The molecule has 1 aromatic heterocycles. The van der Waals surface area contributed by atoms with Crippen molar-refractivity contribution in [2.24, 2.45) is 17.8 Å². The number of nitrogens with zero attached hydrogens (tertiary/aromatic N) is 1. The van der Waals surface area contributed by atoms with Crippen LogP contribution < -0.4 is 17.0 Å². The highest BCUT2D eigenvalue weighted by molar-refractivity contribution is 7.09. The Bertz CT molecular complexity index is 580. The van der Waals surface area contributed by atoms with Crippen molar-refractivity contribution in [1.82, 2.24) is 0 Å². The summed E-state index contributed by atoms with van der Waals surface area (Å²) < 4.78 is 8.04. The highest BCUT2D eigenvalue weighted by Gasteiger charge is 2.53. The molecule has 0 saturated heterocycles. The summed E-state index contributed by atoms with van der Waals surface area (Å²) in [4.78, 5) is 13.7. The van der Waals surface area contributed by atoms with Gasteiger partial charge in [-0.05, 0) is 56.3 Å². The van der Waals surface area contributed by atoms with Crippen molar-refractivity contribution < 1.29 is 31.6 Å². The Kier molecular flexibility index (Phi) is 5.24. The molecule has 5 rings (SSSR count). The lowest BCUT2D eigenvalue weighted by atomic mass is 9.54. The molecule has 0 radical (unpaired) electrons. The zero-order valence-electron chi connectivity index (χ0n) is 14.2. The standard InChI is InChI=1S/C18H26NO3S.ClH/c1-12-16(2-3-20)23-11-19(12)10-17(21)22-18-7-13-4-14(8-18)6-15(5-13)9-18;/h11,13-15,20H,2-10H2,1H3;1H/q+1;/p-1. The minimum absolute atomic E-state index is 0. The second kappa shape index (κ2) is 6.93. The van der Waals surface area contributed by atoms with Crippen LogP contribution in [0.15, 0.2) is 5.51 Å². The number of carbonyl (C=O) groups excluding carboxylic acids is 1. The summed E-state index contributed by atoms with van der Waals surface area (Å²) in [6.45, 7) is 2.47. The fraction of sp³-hybridized carbons (Fsp3) is 0.778. The molecule has 6 heteroatoms. The van der Waals surface area contributed by atoms with Crippen molar-refractivity contribution in [3.8, 4) is 0 Å². The van der Waals surface area contributed by atoms with Gasteiger partial charge < -0.3 is 22.3 Å². The number of aromatic nitrogens is 1. The van der Waals surface area contributed by atoms with E-state index in [9.17, 15) is 4.79 Å². The van der Waals surface area contributed by atoms with E-state index in [0.29, 0.717) is 13.0 Å². The van der Waals surface area contributed by atoms with Gasteiger partial charge in [0.1, 0.15) is 5.60 Å². The van der Waals surface area contributed by atoms with Gasteiger partial charge >= 0.3 is 5.97 Å². The number of rotatable bonds is 5. The van der Waals surface area contributed by atoms with E-state index in [1.165, 1.54) is 19.3 Å². The zero-order chi connectivity index (χ0) is 16.0. The van der Waals surface area contributed by atoms with Gasteiger partial charge in [0.25, 0.3) is 0 Å². The van der Waals surface area contributed by atoms with Crippen molar-refractivity contribution in [2.45, 2.75) is 64.0 Å². The minimum atomic E-state index is -0.149. The van der Waals surface area contributed by atoms with E-state index < -0.39 is 0 Å². The van der Waals surface area contributed by atoms with E-state index in [0.717, 1.165) is 47.6 Å². The number of esters is 1. The summed E-state index contributed by atoms with van der Waals surface area (Å²) in [6, 6.07) is 0. The van der Waals surface area contributed by atoms with Crippen LogP contribution >= 0.6 is 11.3 Å². The predicted octanol–water partition coefficient (Wildman–Crippen LogP) is -0.605. The summed E-state index contributed by atoms with van der Waals surface area (Å²) in [7, 11) is 0. The zero-order valence-corrected chi connectivity index (χ0v) is 15.7. The van der Waals surface area contributed by atoms with Crippen LogP contribution in [0.2, 0.25) is 0 Å². The third-order valence-electron chi connectivity index (χ3n) is 6.11. The number of hydrogen-bond donors (Lipinski definition) is 1. The molecule has 0 unspecified atom stereocenters. The van der Waals surface area contributed by atoms with Crippen molar-refractivity contribution in [1.29, 1.82) is 0 Å². The normalized spacial score (nSPS) is 33.3. The van der Waals surface area contributed by atoms with E-state index in [4.69, 9.17) is 9.84 Å². The quantitative estimate of drug-likeness (QED) is 0.555. The van der Waals surface area contributed by atoms with Gasteiger partial charge in [0, 0.05) is 20.0 Å². The fourth-order valence-corrected chi connectivity index (χ4v) is 6.50. The maximum Gasteiger partial charge on any atom is 0.373 e. The average Bonchev–Trinajstić information content (AvgIpc) is 2.78. The average molecular weight is 372 g/mol. The van der Waals surface area contributed by atoms with Crippen LogP contribution in [0.5, 0.6) is 0 Å². The first-order chi connectivity index (χ1) is 11.1. The monoisotopic (exact) mass is 371 g/mol. The van der Waals surface area contributed by atoms with Crippen molar-refractivity contribution in [3.63, 3.8) is 0 Å². The summed E-state index contributed by atoms with van der Waals surface area (Å²) in [6.07, 6.45) is 8.02. The van der Waals surface area contributed by atoms with Crippen molar-refractivity contribution in [3.05, 3.63) is 16.1 Å². The van der Waals surface area contributed by atoms with Crippen LogP contribution in [-0.4, -0.2) is 23.3 Å². The van der Waals surface area contributed by atoms with Gasteiger partial charge in [0.15, 0.2) is 5.69 Å². The lowest BCUT2D eigenvalue weighted by Crippen LogP contribution is -3.00. The molecule has 0 atom stereocenters. The lowest BCUT2D eigenvalue weighted by molar-refractivity contribution is -0.687. The second-order valence-electron chi connectivity index (χ2n) is 7.91. The number of ether oxygens (including phenoxy) is 1. The largest absolute Gasteiger partial charge is 1.00 e. The molecular formula is C18H26ClNO3S. The smallest absolute Gasteiger partial charge is 0.373 e. The van der Waals surface area contributed by atoms with E-state index in [1.807, 2.05) is 17.0 Å². The van der Waals surface area contributed by atoms with Crippen LogP contribution in [0, 0.1) is 24.7 Å². The van der Waals surface area contributed by atoms with E-state index in [2.05, 4.69) is 0 Å². The van der Waals surface area contributed by atoms with E-state index in [-0.39, 0.29) is 30.6 Å². The molecule has 1 heterocycles. The van der Waals surface area contributed by atoms with Crippen molar-refractivity contribution in [2.75, 3.05) is 6.61 Å². The molecule has 0 amide bonds. The lowest BCUT2D eigenvalue weighted by Gasteiger charge is -2.55. The molecular weight excluding hydrogens is 346 g/mol. The van der Waals surface area contributed by atoms with Gasteiger partial charge in [-0.1, -0.05) is 11.3 Å². The fourth-order valence-electron chi connectivity index (χ4n) is 5.52. The van der Waals surface area contributed by atoms with Gasteiger partial charge in [-0.15, -0.1) is 0 Å². The maximum atomic E-state index is 12.5. The highest BCUT2D eigenvalue weighted by Crippen LogP contribution is 2.57. The Morgan fingerprint density at radius 1 is 1.29 bits per heavy atom. The van der Waals surface area contributed by atoms with Gasteiger partial charge in [-0.2, -0.15) is 4.57 Å². The first kappa shape index (κ1) is 18.2. The Balaban J connectivity index is 0.00000169. The SMILES string of the molecule is Cc1c(CCO)sc[n+]1CC(=O)OC12CC3CC(CC(C3)C1)C2.[Cl-]. The summed E-state index contributed by atoms with van der Waals surface area (Å²) in [5.41, 5.74) is 2.90.